The zero-order valence-corrected chi connectivity index (χ0v) is 16.3. The van der Waals surface area contributed by atoms with Gasteiger partial charge < -0.3 is 14.2 Å². The van der Waals surface area contributed by atoms with E-state index in [-0.39, 0.29) is 5.97 Å². The van der Waals surface area contributed by atoms with Gasteiger partial charge in [-0.1, -0.05) is 29.8 Å². The maximum atomic E-state index is 12.2. The largest absolute Gasteiger partial charge is 0.493 e. The molecule has 0 bridgehead atoms. The number of esters is 1. The van der Waals surface area contributed by atoms with Gasteiger partial charge in [0.05, 0.1) is 23.4 Å². The normalized spacial score (nSPS) is 15.1. The Hall–Kier alpha value is -2.28. The van der Waals surface area contributed by atoms with Gasteiger partial charge in [-0.05, 0) is 59.4 Å². The molecule has 5 heteroatoms. The lowest BCUT2D eigenvalue weighted by molar-refractivity contribution is -0.130. The van der Waals surface area contributed by atoms with Gasteiger partial charge in [-0.25, -0.2) is 4.79 Å². The fourth-order valence-electron chi connectivity index (χ4n) is 2.55. The number of carbonyl (C=O) groups is 1. The third-order valence-electron chi connectivity index (χ3n) is 3.84. The van der Waals surface area contributed by atoms with Crippen LogP contribution in [0.5, 0.6) is 11.5 Å². The Morgan fingerprint density at radius 3 is 2.44 bits per heavy atom. The summed E-state index contributed by atoms with van der Waals surface area (Å²) in [4.78, 5) is 12.2. The molecule has 25 heavy (non-hydrogen) atoms. The number of aryl methyl sites for hydroxylation is 1. The lowest BCUT2D eigenvalue weighted by atomic mass is 10.1. The van der Waals surface area contributed by atoms with Gasteiger partial charge in [0, 0.05) is 5.56 Å². The highest BCUT2D eigenvalue weighted by Crippen LogP contribution is 2.35. The van der Waals surface area contributed by atoms with Crippen LogP contribution < -0.4 is 9.47 Å². The smallest absolute Gasteiger partial charge is 0.343 e. The Kier molecular flexibility index (Phi) is 5.13. The Labute approximate surface area is 160 Å². The van der Waals surface area contributed by atoms with Gasteiger partial charge in [0.15, 0.2) is 11.5 Å². The molecule has 1 aliphatic rings. The van der Waals surface area contributed by atoms with Crippen LogP contribution in [-0.2, 0) is 9.53 Å². The van der Waals surface area contributed by atoms with Gasteiger partial charge in [0.2, 0.25) is 0 Å². The molecule has 0 unspecified atom stereocenters. The topological polar surface area (TPSA) is 44.8 Å². The first-order valence-electron chi connectivity index (χ1n) is 7.66. The van der Waals surface area contributed by atoms with E-state index in [9.17, 15) is 4.79 Å². The molecule has 0 N–H and O–H groups in total. The number of methoxy groups -OCH3 is 2. The highest BCUT2D eigenvalue weighted by atomic mass is 127. The summed E-state index contributed by atoms with van der Waals surface area (Å²) < 4.78 is 17.0. The number of carbonyl (C=O) groups excluding carboxylic acids is 1. The molecule has 0 saturated heterocycles. The van der Waals surface area contributed by atoms with Gasteiger partial charge >= 0.3 is 5.97 Å². The van der Waals surface area contributed by atoms with Crippen molar-refractivity contribution in [3.8, 4) is 11.5 Å². The predicted molar refractivity (Wildman–Crippen MR) is 105 cm³/mol. The molecule has 0 aromatic heterocycles. The molecular weight excluding hydrogens is 431 g/mol. The molecule has 0 amide bonds. The van der Waals surface area contributed by atoms with E-state index < -0.39 is 0 Å². The van der Waals surface area contributed by atoms with E-state index >= 15 is 0 Å². The molecule has 3 rings (SSSR count). The molecule has 1 aliphatic heterocycles. The highest BCUT2D eigenvalue weighted by molar-refractivity contribution is 14.1. The highest BCUT2D eigenvalue weighted by Gasteiger charge is 2.22. The summed E-state index contributed by atoms with van der Waals surface area (Å²) in [6.07, 6.45) is 3.55. The first-order valence-corrected chi connectivity index (χ1v) is 8.74. The third kappa shape index (κ3) is 3.71. The second-order valence-corrected chi connectivity index (χ2v) is 6.76. The summed E-state index contributed by atoms with van der Waals surface area (Å²) in [7, 11) is 3.19. The summed E-state index contributed by atoms with van der Waals surface area (Å²) in [6, 6.07) is 11.6. The van der Waals surface area contributed by atoms with Gasteiger partial charge in [0.25, 0.3) is 0 Å². The molecule has 2 aromatic rings. The first kappa shape index (κ1) is 17.5. The van der Waals surface area contributed by atoms with Gasteiger partial charge in [0.1, 0.15) is 5.76 Å². The SMILES string of the molecule is COc1cc(C=C2C=C(c3ccc(C)cc3)OC2=O)cc(I)c1OC. The first-order chi connectivity index (χ1) is 12.0. The molecule has 128 valence electrons. The van der Waals surface area contributed by atoms with Crippen LogP contribution in [0.15, 0.2) is 48.0 Å². The van der Waals surface area contributed by atoms with Crippen molar-refractivity contribution in [1.29, 1.82) is 0 Å². The van der Waals surface area contributed by atoms with Crippen molar-refractivity contribution in [2.24, 2.45) is 0 Å². The van der Waals surface area contributed by atoms with Gasteiger partial charge in [-0.3, -0.25) is 0 Å². The van der Waals surface area contributed by atoms with Crippen LogP contribution in [0.25, 0.3) is 11.8 Å². The molecule has 0 atom stereocenters. The minimum atomic E-state index is -0.361. The number of hydrogen-bond donors (Lipinski definition) is 0. The average Bonchev–Trinajstić information content (AvgIpc) is 2.95. The minimum absolute atomic E-state index is 0.361. The summed E-state index contributed by atoms with van der Waals surface area (Å²) in [6.45, 7) is 2.02. The van der Waals surface area contributed by atoms with Crippen molar-refractivity contribution < 1.29 is 19.0 Å². The van der Waals surface area contributed by atoms with Gasteiger partial charge in [-0.15, -0.1) is 0 Å². The Balaban J connectivity index is 1.97. The van der Waals surface area contributed by atoms with Crippen LogP contribution in [0.4, 0.5) is 0 Å². The van der Waals surface area contributed by atoms with Crippen LogP contribution >= 0.6 is 22.6 Å². The molecule has 1 heterocycles. The van der Waals surface area contributed by atoms with E-state index in [2.05, 4.69) is 22.6 Å². The fourth-order valence-corrected chi connectivity index (χ4v) is 3.40. The lowest BCUT2D eigenvalue weighted by Crippen LogP contribution is -1.98. The number of benzene rings is 2. The van der Waals surface area contributed by atoms with Crippen molar-refractivity contribution in [2.75, 3.05) is 14.2 Å². The summed E-state index contributed by atoms with van der Waals surface area (Å²) in [5, 5.41) is 0. The van der Waals surface area contributed by atoms with Crippen LogP contribution in [0.1, 0.15) is 16.7 Å². The third-order valence-corrected chi connectivity index (χ3v) is 4.64. The van der Waals surface area contributed by atoms with E-state index in [4.69, 9.17) is 14.2 Å². The standard InChI is InChI=1S/C20H17IO4/c1-12-4-6-14(7-5-12)17-11-15(20(22)25-17)8-13-9-16(21)19(24-3)18(10-13)23-2/h4-11H,1-3H3. The van der Waals surface area contributed by atoms with Crippen molar-refractivity contribution in [2.45, 2.75) is 6.92 Å². The molecule has 0 aliphatic carbocycles. The summed E-state index contributed by atoms with van der Waals surface area (Å²) in [5.41, 5.74) is 3.38. The molecule has 4 nitrogen and oxygen atoms in total. The maximum absolute atomic E-state index is 12.2. The number of cyclic esters (lactones) is 1. The number of hydrogen-bond acceptors (Lipinski definition) is 4. The minimum Gasteiger partial charge on any atom is -0.493 e. The predicted octanol–water partition coefficient (Wildman–Crippen LogP) is 4.60. The maximum Gasteiger partial charge on any atom is 0.343 e. The monoisotopic (exact) mass is 448 g/mol. The Morgan fingerprint density at radius 2 is 1.80 bits per heavy atom. The Morgan fingerprint density at radius 1 is 1.08 bits per heavy atom. The molecule has 2 aromatic carbocycles. The van der Waals surface area contributed by atoms with E-state index in [1.165, 1.54) is 0 Å². The second-order valence-electron chi connectivity index (χ2n) is 5.60. The lowest BCUT2D eigenvalue weighted by Gasteiger charge is -2.10. The zero-order valence-electron chi connectivity index (χ0n) is 14.1. The molecule has 0 fully saturated rings. The van der Waals surface area contributed by atoms with Crippen LogP contribution in [-0.4, -0.2) is 20.2 Å². The van der Waals surface area contributed by atoms with E-state index in [0.29, 0.717) is 22.8 Å². The molecule has 0 saturated carbocycles. The molecular formula is C20H17IO4. The van der Waals surface area contributed by atoms with Crippen molar-refractivity contribution in [3.05, 3.63) is 68.3 Å². The summed E-state index contributed by atoms with van der Waals surface area (Å²) >= 11 is 2.18. The number of halogens is 1. The second kappa shape index (κ2) is 7.31. The van der Waals surface area contributed by atoms with Gasteiger partial charge in [-0.2, -0.15) is 0 Å². The number of rotatable bonds is 4. The van der Waals surface area contributed by atoms with Crippen molar-refractivity contribution >= 4 is 40.4 Å². The van der Waals surface area contributed by atoms with Crippen molar-refractivity contribution in [3.63, 3.8) is 0 Å². The van der Waals surface area contributed by atoms with E-state index in [0.717, 1.165) is 20.3 Å². The molecule has 0 spiro atoms. The van der Waals surface area contributed by atoms with Crippen LogP contribution in [0.3, 0.4) is 0 Å². The fraction of sp³-hybridized carbons (Fsp3) is 0.150. The van der Waals surface area contributed by atoms with E-state index in [1.54, 1.807) is 26.4 Å². The van der Waals surface area contributed by atoms with E-state index in [1.807, 2.05) is 43.3 Å². The quantitative estimate of drug-likeness (QED) is 0.390. The van der Waals surface area contributed by atoms with Crippen LogP contribution in [0.2, 0.25) is 0 Å². The molecule has 0 radical (unpaired) electrons. The number of ether oxygens (including phenoxy) is 3. The van der Waals surface area contributed by atoms with Crippen LogP contribution in [0, 0.1) is 10.5 Å². The Bertz CT molecular complexity index is 879. The average molecular weight is 448 g/mol. The summed E-state index contributed by atoms with van der Waals surface area (Å²) in [5.74, 6) is 1.50. The van der Waals surface area contributed by atoms with Crippen molar-refractivity contribution in [1.82, 2.24) is 0 Å². The zero-order chi connectivity index (χ0) is 18.0.